The summed E-state index contributed by atoms with van der Waals surface area (Å²) >= 11 is 0. The Morgan fingerprint density at radius 3 is 2.65 bits per heavy atom. The number of nitrogens with two attached hydrogens (primary N) is 1. The molecular formula is C25H26N8O. The highest BCUT2D eigenvalue weighted by molar-refractivity contribution is 6.11. The standard InChI is InChI=1S/C25H26N8O/c1-25(2,14-26)17-4-6-18(7-5-17)33-22-16(13-32(3)24(33)34)12-28-20-9-8-19(31-21(20)22)15-10-29-23(27)30-11-15/h4-12,14,23,26,29H,13,27H2,1-3H3. The molecule has 0 aliphatic carbocycles. The number of rotatable bonds is 4. The first-order chi connectivity index (χ1) is 16.3. The lowest BCUT2D eigenvalue weighted by atomic mass is 9.86. The number of carbonyl (C=O) groups is 1. The molecule has 34 heavy (non-hydrogen) atoms. The molecule has 0 radical (unpaired) electrons. The van der Waals surface area contributed by atoms with Crippen LogP contribution < -0.4 is 16.0 Å². The van der Waals surface area contributed by atoms with Crippen molar-refractivity contribution in [1.29, 1.82) is 5.41 Å². The summed E-state index contributed by atoms with van der Waals surface area (Å²) in [6, 6.07) is 11.4. The largest absolute Gasteiger partial charge is 0.357 e. The first-order valence-corrected chi connectivity index (χ1v) is 11.0. The predicted octanol–water partition coefficient (Wildman–Crippen LogP) is 3.52. The number of pyridine rings is 2. The molecule has 0 saturated heterocycles. The van der Waals surface area contributed by atoms with Crippen molar-refractivity contribution in [2.75, 3.05) is 11.9 Å². The Kier molecular flexibility index (Phi) is 5.13. The van der Waals surface area contributed by atoms with Gasteiger partial charge in [0, 0.05) is 48.4 Å². The van der Waals surface area contributed by atoms with Crippen molar-refractivity contribution in [2.45, 2.75) is 32.1 Å². The van der Waals surface area contributed by atoms with Crippen molar-refractivity contribution in [3.63, 3.8) is 0 Å². The molecule has 0 fully saturated rings. The Morgan fingerprint density at radius 1 is 1.21 bits per heavy atom. The van der Waals surface area contributed by atoms with Crippen LogP contribution in [-0.2, 0) is 12.0 Å². The molecule has 1 unspecified atom stereocenters. The fourth-order valence-electron chi connectivity index (χ4n) is 4.13. The first kappa shape index (κ1) is 21.7. The summed E-state index contributed by atoms with van der Waals surface area (Å²) in [5.74, 6) is 0. The number of benzene rings is 1. The van der Waals surface area contributed by atoms with Gasteiger partial charge in [0.05, 0.1) is 29.1 Å². The molecule has 0 spiro atoms. The number of carbonyl (C=O) groups excluding carboxylic acids is 1. The molecule has 4 N–H and O–H groups in total. The van der Waals surface area contributed by atoms with E-state index in [4.69, 9.17) is 16.1 Å². The van der Waals surface area contributed by atoms with Crippen LogP contribution in [0.5, 0.6) is 0 Å². The van der Waals surface area contributed by atoms with E-state index in [2.05, 4.69) is 15.3 Å². The molecule has 0 bridgehead atoms. The van der Waals surface area contributed by atoms with Crippen molar-refractivity contribution in [2.24, 2.45) is 10.7 Å². The number of fused-ring (bicyclic) bond motifs is 3. The van der Waals surface area contributed by atoms with Gasteiger partial charge in [0.2, 0.25) is 0 Å². The fourth-order valence-corrected chi connectivity index (χ4v) is 4.13. The van der Waals surface area contributed by atoms with Gasteiger partial charge in [-0.25, -0.2) is 9.78 Å². The van der Waals surface area contributed by atoms with Gasteiger partial charge in [-0.2, -0.15) is 0 Å². The normalized spacial score (nSPS) is 17.9. The molecule has 2 aliphatic rings. The van der Waals surface area contributed by atoms with E-state index >= 15 is 0 Å². The van der Waals surface area contributed by atoms with E-state index in [1.165, 1.54) is 6.21 Å². The number of nitrogens with one attached hydrogen (secondary N) is 2. The van der Waals surface area contributed by atoms with Crippen molar-refractivity contribution >= 4 is 46.4 Å². The zero-order valence-corrected chi connectivity index (χ0v) is 19.3. The quantitative estimate of drug-likeness (QED) is 0.521. The van der Waals surface area contributed by atoms with Crippen molar-refractivity contribution < 1.29 is 4.79 Å². The summed E-state index contributed by atoms with van der Waals surface area (Å²) in [5.41, 5.74) is 11.6. The molecule has 1 atom stereocenters. The predicted molar refractivity (Wildman–Crippen MR) is 134 cm³/mol. The average Bonchev–Trinajstić information content (AvgIpc) is 2.85. The molecule has 9 nitrogen and oxygen atoms in total. The van der Waals surface area contributed by atoms with Crippen LogP contribution in [0.25, 0.3) is 16.6 Å². The van der Waals surface area contributed by atoms with E-state index < -0.39 is 11.7 Å². The number of urea groups is 1. The highest BCUT2D eigenvalue weighted by Crippen LogP contribution is 2.39. The topological polar surface area (TPSA) is 124 Å². The number of aromatic nitrogens is 2. The molecule has 0 saturated carbocycles. The average molecular weight is 455 g/mol. The SMILES string of the molecule is CN1Cc2cnc3ccc(C4=CNC(N)N=C4)nc3c2N(c2ccc(C(C)(C)C=N)cc2)C1=O. The lowest BCUT2D eigenvalue weighted by Gasteiger charge is -2.35. The van der Waals surface area contributed by atoms with Crippen LogP contribution in [0, 0.1) is 5.41 Å². The van der Waals surface area contributed by atoms with Gasteiger partial charge in [-0.05, 0) is 29.8 Å². The number of anilines is 2. The van der Waals surface area contributed by atoms with Gasteiger partial charge in [0.1, 0.15) is 5.52 Å². The number of hydrogen-bond acceptors (Lipinski definition) is 7. The Balaban J connectivity index is 1.66. The highest BCUT2D eigenvalue weighted by atomic mass is 16.2. The number of nitrogens with zero attached hydrogens (tertiary/aromatic N) is 5. The van der Waals surface area contributed by atoms with E-state index in [1.54, 1.807) is 29.3 Å². The summed E-state index contributed by atoms with van der Waals surface area (Å²) in [7, 11) is 1.77. The van der Waals surface area contributed by atoms with Gasteiger partial charge >= 0.3 is 6.03 Å². The third-order valence-corrected chi connectivity index (χ3v) is 6.22. The Hall–Kier alpha value is -4.11. The third kappa shape index (κ3) is 3.60. The third-order valence-electron chi connectivity index (χ3n) is 6.22. The van der Waals surface area contributed by atoms with Crippen LogP contribution in [0.4, 0.5) is 16.2 Å². The number of amides is 2. The van der Waals surface area contributed by atoms with Crippen LogP contribution in [0.1, 0.15) is 30.7 Å². The smallest absolute Gasteiger partial charge is 0.329 e. The van der Waals surface area contributed by atoms with E-state index in [9.17, 15) is 4.79 Å². The van der Waals surface area contributed by atoms with E-state index in [0.717, 1.165) is 28.1 Å². The van der Waals surface area contributed by atoms with Gasteiger partial charge in [-0.3, -0.25) is 20.6 Å². The molecule has 9 heteroatoms. The Bertz CT molecular complexity index is 1360. The highest BCUT2D eigenvalue weighted by Gasteiger charge is 2.32. The van der Waals surface area contributed by atoms with Gasteiger partial charge in [0.15, 0.2) is 6.29 Å². The second-order valence-corrected chi connectivity index (χ2v) is 9.07. The zero-order chi connectivity index (χ0) is 24.0. The molecule has 2 aliphatic heterocycles. The lowest BCUT2D eigenvalue weighted by Crippen LogP contribution is -2.42. The van der Waals surface area contributed by atoms with Gasteiger partial charge < -0.3 is 15.6 Å². The summed E-state index contributed by atoms with van der Waals surface area (Å²) < 4.78 is 0. The van der Waals surface area contributed by atoms with Crippen LogP contribution in [0.2, 0.25) is 0 Å². The van der Waals surface area contributed by atoms with Crippen molar-refractivity contribution in [3.8, 4) is 0 Å². The monoisotopic (exact) mass is 454 g/mol. The molecular weight excluding hydrogens is 428 g/mol. The second kappa shape index (κ2) is 8.03. The number of allylic oxidation sites excluding steroid dienone is 1. The van der Waals surface area contributed by atoms with Crippen LogP contribution >= 0.6 is 0 Å². The fraction of sp³-hybridized carbons (Fsp3) is 0.240. The van der Waals surface area contributed by atoms with E-state index in [-0.39, 0.29) is 6.03 Å². The maximum Gasteiger partial charge on any atom is 0.329 e. The molecule has 2 aromatic heterocycles. The first-order valence-electron chi connectivity index (χ1n) is 11.0. The van der Waals surface area contributed by atoms with Gasteiger partial charge in [-0.15, -0.1) is 0 Å². The minimum Gasteiger partial charge on any atom is -0.357 e. The van der Waals surface area contributed by atoms with Crippen LogP contribution in [0.3, 0.4) is 0 Å². The number of hydrogen-bond donors (Lipinski definition) is 3. The van der Waals surface area contributed by atoms with Crippen LogP contribution in [-0.4, -0.2) is 46.7 Å². The minimum absolute atomic E-state index is 0.141. The maximum atomic E-state index is 13.4. The molecule has 1 aromatic carbocycles. The van der Waals surface area contributed by atoms with Crippen LogP contribution in [0.15, 0.2) is 53.8 Å². The van der Waals surface area contributed by atoms with Crippen molar-refractivity contribution in [1.82, 2.24) is 20.2 Å². The van der Waals surface area contributed by atoms with E-state index in [0.29, 0.717) is 23.3 Å². The minimum atomic E-state index is -0.470. The molecule has 5 rings (SSSR count). The van der Waals surface area contributed by atoms with E-state index in [1.807, 2.05) is 56.4 Å². The zero-order valence-electron chi connectivity index (χ0n) is 19.3. The molecule has 3 aromatic rings. The van der Waals surface area contributed by atoms with Gasteiger partial charge in [0.25, 0.3) is 0 Å². The van der Waals surface area contributed by atoms with Crippen molar-refractivity contribution in [3.05, 3.63) is 65.6 Å². The van der Waals surface area contributed by atoms with Gasteiger partial charge in [-0.1, -0.05) is 26.0 Å². The second-order valence-electron chi connectivity index (χ2n) is 9.07. The summed E-state index contributed by atoms with van der Waals surface area (Å²) in [4.78, 5) is 30.5. The Morgan fingerprint density at radius 2 is 1.97 bits per heavy atom. The lowest BCUT2D eigenvalue weighted by molar-refractivity contribution is 0.213. The molecule has 172 valence electrons. The molecule has 2 amide bonds. The summed E-state index contributed by atoms with van der Waals surface area (Å²) in [5, 5.41) is 10.7. The Labute approximate surface area is 197 Å². The molecule has 4 heterocycles. The maximum absolute atomic E-state index is 13.4. The summed E-state index contributed by atoms with van der Waals surface area (Å²) in [6.07, 6.45) is 6.24. The summed E-state index contributed by atoms with van der Waals surface area (Å²) in [6.45, 7) is 4.42. The number of aliphatic imine (C=N–C) groups is 1.